The van der Waals surface area contributed by atoms with Gasteiger partial charge in [0.05, 0.1) is 28.5 Å². The van der Waals surface area contributed by atoms with Crippen molar-refractivity contribution in [1.29, 1.82) is 0 Å². The van der Waals surface area contributed by atoms with Crippen LogP contribution in [0.1, 0.15) is 24.3 Å². The average Bonchev–Trinajstić information content (AvgIpc) is 2.73. The van der Waals surface area contributed by atoms with Gasteiger partial charge in [-0.05, 0) is 71.1 Å². The van der Waals surface area contributed by atoms with E-state index < -0.39 is 0 Å². The Hall–Kier alpha value is -2.06. The van der Waals surface area contributed by atoms with Crippen molar-refractivity contribution in [2.45, 2.75) is 18.8 Å². The van der Waals surface area contributed by atoms with Crippen LogP contribution in [0, 0.1) is 0 Å². The number of nitrogens with one attached hydrogen (secondary N) is 3. The van der Waals surface area contributed by atoms with Crippen LogP contribution in [0.5, 0.6) is 0 Å². The van der Waals surface area contributed by atoms with E-state index in [1.807, 2.05) is 29.2 Å². The van der Waals surface area contributed by atoms with Gasteiger partial charge in [0, 0.05) is 24.3 Å². The molecule has 1 unspecified atom stereocenters. The van der Waals surface area contributed by atoms with Crippen LogP contribution in [0.2, 0.25) is 5.02 Å². The minimum Gasteiger partial charge on any atom is -0.320 e. The SMILES string of the molecule is CN(NN1C=C(C(=O)Nc2c(Cl)cccc2Br)C1)c1ccc(C2CCCNC2)cc1. The molecule has 2 aliphatic rings. The highest BCUT2D eigenvalue weighted by Crippen LogP contribution is 2.31. The standard InChI is InChI=1S/C22H25BrClN5O/c1-28(18-9-7-15(8-10-18)16-4-3-11-25-12-16)27-29-13-17(14-29)22(30)26-21-19(23)5-2-6-20(21)24/h2,5-10,13,16,25,27H,3-4,11-12,14H2,1H3,(H,26,30). The number of carbonyl (C=O) groups excluding carboxylic acids is 1. The van der Waals surface area contributed by atoms with Gasteiger partial charge in [-0.1, -0.05) is 29.8 Å². The van der Waals surface area contributed by atoms with Gasteiger partial charge < -0.3 is 10.6 Å². The van der Waals surface area contributed by atoms with Crippen LogP contribution in [0.4, 0.5) is 11.4 Å². The van der Waals surface area contributed by atoms with Crippen molar-refractivity contribution >= 4 is 44.8 Å². The highest BCUT2D eigenvalue weighted by Gasteiger charge is 2.24. The van der Waals surface area contributed by atoms with Gasteiger partial charge in [-0.15, -0.1) is 5.53 Å². The second-order valence-corrected chi connectivity index (χ2v) is 8.89. The summed E-state index contributed by atoms with van der Waals surface area (Å²) in [4.78, 5) is 12.5. The molecule has 0 spiro atoms. The quantitative estimate of drug-likeness (QED) is 0.528. The first-order valence-corrected chi connectivity index (χ1v) is 11.2. The Kier molecular flexibility index (Phi) is 6.63. The predicted octanol–water partition coefficient (Wildman–Crippen LogP) is 4.26. The summed E-state index contributed by atoms with van der Waals surface area (Å²) in [5.41, 5.74) is 6.98. The molecule has 8 heteroatoms. The van der Waals surface area contributed by atoms with Crippen molar-refractivity contribution < 1.29 is 4.79 Å². The summed E-state index contributed by atoms with van der Waals surface area (Å²) >= 11 is 9.58. The van der Waals surface area contributed by atoms with Gasteiger partial charge in [-0.3, -0.25) is 14.8 Å². The molecule has 30 heavy (non-hydrogen) atoms. The van der Waals surface area contributed by atoms with E-state index in [-0.39, 0.29) is 5.91 Å². The van der Waals surface area contributed by atoms with Crippen molar-refractivity contribution in [3.63, 3.8) is 0 Å². The molecule has 0 aromatic heterocycles. The molecule has 0 radical (unpaired) electrons. The number of benzene rings is 2. The Bertz CT molecular complexity index is 923. The van der Waals surface area contributed by atoms with E-state index in [1.165, 1.54) is 18.4 Å². The molecule has 3 N–H and O–H groups in total. The summed E-state index contributed by atoms with van der Waals surface area (Å²) in [5.74, 6) is 0.443. The number of nitrogens with zero attached hydrogens (tertiary/aromatic N) is 2. The van der Waals surface area contributed by atoms with Gasteiger partial charge in [-0.25, -0.2) is 0 Å². The topological polar surface area (TPSA) is 59.6 Å². The molecule has 2 aromatic carbocycles. The Balaban J connectivity index is 1.31. The molecule has 1 atom stereocenters. The first kappa shape index (κ1) is 21.2. The van der Waals surface area contributed by atoms with Gasteiger partial charge in [-0.2, -0.15) is 0 Å². The molecular formula is C22H25BrClN5O. The largest absolute Gasteiger partial charge is 0.320 e. The third kappa shape index (κ3) is 4.81. The Morgan fingerprint density at radius 3 is 2.70 bits per heavy atom. The average molecular weight is 491 g/mol. The van der Waals surface area contributed by atoms with Crippen molar-refractivity contribution in [2.75, 3.05) is 37.0 Å². The third-order valence-corrected chi connectivity index (χ3v) is 6.45. The number of anilines is 2. The van der Waals surface area contributed by atoms with E-state index in [0.29, 0.717) is 28.7 Å². The molecule has 6 nitrogen and oxygen atoms in total. The molecule has 0 aliphatic carbocycles. The number of carbonyl (C=O) groups is 1. The lowest BCUT2D eigenvalue weighted by Gasteiger charge is -2.35. The van der Waals surface area contributed by atoms with Gasteiger partial charge in [0.25, 0.3) is 5.91 Å². The maximum atomic E-state index is 12.5. The van der Waals surface area contributed by atoms with Gasteiger partial charge in [0.2, 0.25) is 0 Å². The van der Waals surface area contributed by atoms with Crippen molar-refractivity contribution in [3.05, 3.63) is 69.3 Å². The number of rotatable bonds is 6. The fraction of sp³-hybridized carbons (Fsp3) is 0.318. The Morgan fingerprint density at radius 2 is 2.03 bits per heavy atom. The van der Waals surface area contributed by atoms with Crippen molar-refractivity contribution in [2.24, 2.45) is 0 Å². The van der Waals surface area contributed by atoms with Crippen molar-refractivity contribution in [1.82, 2.24) is 15.9 Å². The van der Waals surface area contributed by atoms with Crippen LogP contribution in [0.25, 0.3) is 0 Å². The van der Waals surface area contributed by atoms with E-state index in [9.17, 15) is 4.79 Å². The van der Waals surface area contributed by atoms with Crippen molar-refractivity contribution in [3.8, 4) is 0 Å². The number of piperidine rings is 1. The zero-order chi connectivity index (χ0) is 21.1. The number of amides is 1. The molecule has 1 fully saturated rings. The zero-order valence-corrected chi connectivity index (χ0v) is 19.1. The zero-order valence-electron chi connectivity index (χ0n) is 16.8. The number of halogens is 2. The maximum Gasteiger partial charge on any atom is 0.255 e. The summed E-state index contributed by atoms with van der Waals surface area (Å²) in [6, 6.07) is 14.1. The molecule has 1 amide bonds. The lowest BCUT2D eigenvalue weighted by molar-refractivity contribution is -0.113. The second kappa shape index (κ2) is 9.39. The summed E-state index contributed by atoms with van der Waals surface area (Å²) in [6.07, 6.45) is 4.27. The highest BCUT2D eigenvalue weighted by molar-refractivity contribution is 9.10. The third-order valence-electron chi connectivity index (χ3n) is 5.47. The van der Waals surface area contributed by atoms with Crippen LogP contribution in [-0.4, -0.2) is 37.6 Å². The Labute approximate surface area is 190 Å². The van der Waals surface area contributed by atoms with Gasteiger partial charge >= 0.3 is 0 Å². The summed E-state index contributed by atoms with van der Waals surface area (Å²) in [5, 5.41) is 10.6. The molecule has 158 valence electrons. The molecule has 4 rings (SSSR count). The van der Waals surface area contributed by atoms with E-state index in [2.05, 4.69) is 56.4 Å². The predicted molar refractivity (Wildman–Crippen MR) is 125 cm³/mol. The van der Waals surface area contributed by atoms with E-state index >= 15 is 0 Å². The second-order valence-electron chi connectivity index (χ2n) is 7.63. The first-order valence-electron chi connectivity index (χ1n) is 10.0. The fourth-order valence-corrected chi connectivity index (χ4v) is 4.51. The minimum atomic E-state index is -0.157. The van der Waals surface area contributed by atoms with E-state index in [1.54, 1.807) is 12.3 Å². The first-order chi connectivity index (χ1) is 14.5. The van der Waals surface area contributed by atoms with Crippen LogP contribution < -0.4 is 21.2 Å². The number of hydrazine groups is 2. The summed E-state index contributed by atoms with van der Waals surface area (Å²) in [7, 11) is 1.96. The lowest BCUT2D eigenvalue weighted by Crippen LogP contribution is -2.51. The highest BCUT2D eigenvalue weighted by atomic mass is 79.9. The molecule has 2 aliphatic heterocycles. The fourth-order valence-electron chi connectivity index (χ4n) is 3.71. The van der Waals surface area contributed by atoms with Gasteiger partial charge in [0.15, 0.2) is 0 Å². The van der Waals surface area contributed by atoms with Crippen LogP contribution in [0.15, 0.2) is 58.7 Å². The monoisotopic (exact) mass is 489 g/mol. The molecular weight excluding hydrogens is 466 g/mol. The molecule has 2 heterocycles. The number of hydrogen-bond donors (Lipinski definition) is 3. The Morgan fingerprint density at radius 1 is 1.27 bits per heavy atom. The maximum absolute atomic E-state index is 12.5. The lowest BCUT2D eigenvalue weighted by atomic mass is 9.92. The number of hydrogen-bond acceptors (Lipinski definition) is 5. The summed E-state index contributed by atoms with van der Waals surface area (Å²) in [6.45, 7) is 2.69. The van der Waals surface area contributed by atoms with Crippen LogP contribution in [-0.2, 0) is 4.79 Å². The molecule has 0 saturated carbocycles. The minimum absolute atomic E-state index is 0.157. The number of para-hydroxylation sites is 1. The summed E-state index contributed by atoms with van der Waals surface area (Å²) < 4.78 is 0.755. The van der Waals surface area contributed by atoms with E-state index in [0.717, 1.165) is 23.2 Å². The van der Waals surface area contributed by atoms with Crippen LogP contribution in [0.3, 0.4) is 0 Å². The van der Waals surface area contributed by atoms with Gasteiger partial charge in [0.1, 0.15) is 0 Å². The molecule has 1 saturated heterocycles. The molecule has 0 bridgehead atoms. The van der Waals surface area contributed by atoms with E-state index in [4.69, 9.17) is 11.6 Å². The normalized spacial score (nSPS) is 18.4. The smallest absolute Gasteiger partial charge is 0.255 e. The molecule has 2 aromatic rings. The van der Waals surface area contributed by atoms with Crippen LogP contribution >= 0.6 is 27.5 Å².